The van der Waals surface area contributed by atoms with Gasteiger partial charge in [0.05, 0.1) is 0 Å². The number of benzene rings is 4. The van der Waals surface area contributed by atoms with Gasteiger partial charge >= 0.3 is 0 Å². The lowest BCUT2D eigenvalue weighted by molar-refractivity contribution is 1.45. The first kappa shape index (κ1) is 19.5. The smallest absolute Gasteiger partial charge is 0.0385 e. The first-order chi connectivity index (χ1) is 14.7. The van der Waals surface area contributed by atoms with Crippen LogP contribution in [0.5, 0.6) is 0 Å². The molecule has 2 heteroatoms. The molecule has 4 rings (SSSR count). The van der Waals surface area contributed by atoms with Gasteiger partial charge in [-0.3, -0.25) is 0 Å². The zero-order chi connectivity index (χ0) is 20.8. The average molecular weight is 391 g/mol. The molecule has 0 unspecified atom stereocenters. The fourth-order valence-corrected chi connectivity index (χ4v) is 3.25. The molecule has 0 aromatic heterocycles. The second-order valence-electron chi connectivity index (χ2n) is 7.42. The third-order valence-electron chi connectivity index (χ3n) is 5.03. The second-order valence-corrected chi connectivity index (χ2v) is 7.42. The van der Waals surface area contributed by atoms with Crippen molar-refractivity contribution in [1.29, 1.82) is 0 Å². The molecule has 0 aliphatic rings. The Balaban J connectivity index is 1.41. The van der Waals surface area contributed by atoms with Crippen molar-refractivity contribution in [2.45, 2.75) is 13.8 Å². The highest BCUT2D eigenvalue weighted by Crippen LogP contribution is 2.22. The molecule has 0 spiro atoms. The fourth-order valence-electron chi connectivity index (χ4n) is 3.25. The molecule has 0 radical (unpaired) electrons. The minimum atomic E-state index is 1.06. The monoisotopic (exact) mass is 390 g/mol. The molecule has 0 amide bonds. The van der Waals surface area contributed by atoms with Gasteiger partial charge in [0, 0.05) is 22.7 Å². The summed E-state index contributed by atoms with van der Waals surface area (Å²) in [6.45, 7) is 4.15. The van der Waals surface area contributed by atoms with E-state index < -0.39 is 0 Å². The predicted molar refractivity (Wildman–Crippen MR) is 130 cm³/mol. The number of anilines is 4. The quantitative estimate of drug-likeness (QED) is 0.429. The largest absolute Gasteiger partial charge is 0.356 e. The molecule has 0 heterocycles. The summed E-state index contributed by atoms with van der Waals surface area (Å²) in [5.74, 6) is 0. The van der Waals surface area contributed by atoms with Crippen molar-refractivity contribution in [2.24, 2.45) is 0 Å². The number of aryl methyl sites for hydroxylation is 1. The normalized spacial score (nSPS) is 10.3. The minimum Gasteiger partial charge on any atom is -0.356 e. The fraction of sp³-hybridized carbons (Fsp3) is 0.0714. The maximum Gasteiger partial charge on any atom is 0.0385 e. The Kier molecular flexibility index (Phi) is 5.95. The van der Waals surface area contributed by atoms with Crippen molar-refractivity contribution in [3.63, 3.8) is 0 Å². The van der Waals surface area contributed by atoms with Crippen molar-refractivity contribution in [1.82, 2.24) is 0 Å². The van der Waals surface area contributed by atoms with Gasteiger partial charge in [-0.1, -0.05) is 60.2 Å². The standard InChI is InChI=1S/C28H26N2/c1-3-22-6-8-23(9-7-22)20-24-10-14-26(15-11-24)30-28-18-16-27(17-19-28)29-25-12-4-21(2)5-13-25/h3-20,29-30H,1-2H3. The van der Waals surface area contributed by atoms with E-state index in [0.29, 0.717) is 0 Å². The van der Waals surface area contributed by atoms with Gasteiger partial charge in [-0.25, -0.2) is 0 Å². The van der Waals surface area contributed by atoms with Crippen molar-refractivity contribution in [2.75, 3.05) is 10.6 Å². The van der Waals surface area contributed by atoms with Crippen molar-refractivity contribution >= 4 is 34.9 Å². The highest BCUT2D eigenvalue weighted by atomic mass is 14.9. The molecule has 0 aliphatic heterocycles. The summed E-state index contributed by atoms with van der Waals surface area (Å²) in [6.07, 6.45) is 4.30. The summed E-state index contributed by atoms with van der Waals surface area (Å²) in [5.41, 5.74) is 6.75. The van der Waals surface area contributed by atoms with Gasteiger partial charge in [0.25, 0.3) is 0 Å². The van der Waals surface area contributed by atoms with Crippen LogP contribution >= 0.6 is 0 Å². The number of nitrogens with one attached hydrogen (secondary N) is 2. The topological polar surface area (TPSA) is 24.1 Å². The molecular formula is C28H26N2. The van der Waals surface area contributed by atoms with E-state index in [1.165, 1.54) is 21.6 Å². The van der Waals surface area contributed by atoms with Crippen molar-refractivity contribution in [3.8, 4) is 0 Å². The van der Waals surface area contributed by atoms with Crippen LogP contribution in [0.2, 0.25) is 0 Å². The van der Waals surface area contributed by atoms with Crippen LogP contribution in [0.3, 0.4) is 0 Å². The number of rotatable bonds is 5. The molecule has 0 atom stereocenters. The van der Waals surface area contributed by atoms with Crippen LogP contribution in [0.15, 0.2) is 97.1 Å². The maximum atomic E-state index is 3.46. The first-order valence-corrected chi connectivity index (χ1v) is 10.2. The molecule has 0 saturated heterocycles. The Morgan fingerprint density at radius 3 is 1.37 bits per heavy atom. The van der Waals surface area contributed by atoms with Crippen LogP contribution in [0.4, 0.5) is 22.7 Å². The Morgan fingerprint density at radius 2 is 0.900 bits per heavy atom. The summed E-state index contributed by atoms with van der Waals surface area (Å²) in [5, 5.41) is 9.34. The van der Waals surface area contributed by atoms with E-state index in [4.69, 9.17) is 0 Å². The molecular weight excluding hydrogens is 364 g/mol. The highest BCUT2D eigenvalue weighted by Gasteiger charge is 1.98. The van der Waals surface area contributed by atoms with Gasteiger partial charge in [0.2, 0.25) is 0 Å². The summed E-state index contributed by atoms with van der Waals surface area (Å²) in [4.78, 5) is 0. The van der Waals surface area contributed by atoms with Crippen LogP contribution in [0.1, 0.15) is 18.1 Å². The van der Waals surface area contributed by atoms with Gasteiger partial charge in [-0.2, -0.15) is 0 Å². The zero-order valence-corrected chi connectivity index (χ0v) is 17.4. The third kappa shape index (κ3) is 5.18. The minimum absolute atomic E-state index is 1.06. The summed E-state index contributed by atoms with van der Waals surface area (Å²) in [6, 6.07) is 33.8. The average Bonchev–Trinajstić information content (AvgIpc) is 2.78. The lowest BCUT2D eigenvalue weighted by atomic mass is 10.1. The summed E-state index contributed by atoms with van der Waals surface area (Å²) < 4.78 is 0. The number of hydrogen-bond donors (Lipinski definition) is 2. The van der Waals surface area contributed by atoms with Gasteiger partial charge in [-0.15, -0.1) is 0 Å². The van der Waals surface area contributed by atoms with E-state index >= 15 is 0 Å². The van der Waals surface area contributed by atoms with Crippen LogP contribution in [-0.2, 0) is 0 Å². The Bertz CT molecular complexity index is 1200. The Labute approximate surface area is 178 Å². The van der Waals surface area contributed by atoms with Gasteiger partial charge < -0.3 is 10.6 Å². The van der Waals surface area contributed by atoms with Gasteiger partial charge in [0.1, 0.15) is 0 Å². The number of hydrogen-bond acceptors (Lipinski definition) is 2. The molecule has 2 N–H and O–H groups in total. The summed E-state index contributed by atoms with van der Waals surface area (Å²) in [7, 11) is 0. The SMILES string of the molecule is CC=c1ccc(=Cc2ccc(Nc3ccc(Nc4ccc(C)cc4)cc3)cc2)cc1. The zero-order valence-electron chi connectivity index (χ0n) is 17.4. The van der Waals surface area contributed by atoms with E-state index in [0.717, 1.165) is 22.7 Å². The van der Waals surface area contributed by atoms with Crippen molar-refractivity contribution < 1.29 is 0 Å². The summed E-state index contributed by atoms with van der Waals surface area (Å²) >= 11 is 0. The molecule has 148 valence electrons. The maximum absolute atomic E-state index is 3.46. The van der Waals surface area contributed by atoms with Crippen molar-refractivity contribution in [3.05, 3.63) is 119 Å². The van der Waals surface area contributed by atoms with Gasteiger partial charge in [0.15, 0.2) is 0 Å². The molecule has 0 bridgehead atoms. The Morgan fingerprint density at radius 1 is 0.500 bits per heavy atom. The molecule has 30 heavy (non-hydrogen) atoms. The van der Waals surface area contributed by atoms with E-state index in [9.17, 15) is 0 Å². The lowest BCUT2D eigenvalue weighted by Crippen LogP contribution is -2.06. The molecule has 0 fully saturated rings. The van der Waals surface area contributed by atoms with E-state index in [-0.39, 0.29) is 0 Å². The predicted octanol–water partition coefficient (Wildman–Crippen LogP) is 6.11. The highest BCUT2D eigenvalue weighted by molar-refractivity contribution is 5.67. The molecule has 0 aliphatic carbocycles. The molecule has 0 saturated carbocycles. The van der Waals surface area contributed by atoms with Crippen LogP contribution in [0, 0.1) is 6.92 Å². The van der Waals surface area contributed by atoms with E-state index in [1.54, 1.807) is 0 Å². The van der Waals surface area contributed by atoms with Crippen LogP contribution < -0.4 is 21.1 Å². The van der Waals surface area contributed by atoms with E-state index in [1.807, 2.05) is 0 Å². The molecule has 4 aromatic rings. The van der Waals surface area contributed by atoms with Crippen LogP contribution in [0.25, 0.3) is 12.2 Å². The first-order valence-electron chi connectivity index (χ1n) is 10.2. The molecule has 2 nitrogen and oxygen atoms in total. The van der Waals surface area contributed by atoms with E-state index in [2.05, 4.69) is 134 Å². The van der Waals surface area contributed by atoms with Gasteiger partial charge in [-0.05, 0) is 84.5 Å². The Hall–Kier alpha value is -3.78. The lowest BCUT2D eigenvalue weighted by Gasteiger charge is -2.10. The third-order valence-corrected chi connectivity index (χ3v) is 5.03. The molecule has 4 aromatic carbocycles. The second kappa shape index (κ2) is 9.15. The van der Waals surface area contributed by atoms with Crippen LogP contribution in [-0.4, -0.2) is 0 Å².